The zero-order valence-electron chi connectivity index (χ0n) is 16.0. The van der Waals surface area contributed by atoms with Crippen LogP contribution in [0.15, 0.2) is 24.3 Å². The number of benzene rings is 1. The first-order valence-electron chi connectivity index (χ1n) is 9.99. The van der Waals surface area contributed by atoms with E-state index in [1.165, 1.54) is 19.3 Å². The van der Waals surface area contributed by atoms with E-state index in [1.54, 1.807) is 12.1 Å². The lowest BCUT2D eigenvalue weighted by Gasteiger charge is -2.31. The Hall–Kier alpha value is -1.88. The number of nitrogens with two attached hydrogens (primary N) is 1. The van der Waals surface area contributed by atoms with Crippen molar-refractivity contribution in [2.24, 2.45) is 5.73 Å². The van der Waals surface area contributed by atoms with Gasteiger partial charge in [0.25, 0.3) is 5.91 Å². The second kappa shape index (κ2) is 11.0. The summed E-state index contributed by atoms with van der Waals surface area (Å²) in [4.78, 5) is 26.5. The van der Waals surface area contributed by atoms with Crippen molar-refractivity contribution in [2.45, 2.75) is 70.3 Å². The summed E-state index contributed by atoms with van der Waals surface area (Å²) in [5, 5.41) is 2.90. The average Bonchev–Trinajstić information content (AvgIpc) is 2.68. The monoisotopic (exact) mass is 359 g/mol. The molecule has 0 atom stereocenters. The first kappa shape index (κ1) is 20.4. The smallest absolute Gasteiger partial charge is 0.253 e. The van der Waals surface area contributed by atoms with Crippen molar-refractivity contribution in [1.29, 1.82) is 0 Å². The van der Waals surface area contributed by atoms with E-state index in [2.05, 4.69) is 5.32 Å². The highest BCUT2D eigenvalue weighted by atomic mass is 16.2. The predicted molar refractivity (Wildman–Crippen MR) is 106 cm³/mol. The molecule has 1 aliphatic carbocycles. The standard InChI is InChI=1S/C21H33N3O2/c1-24(19-9-5-4-6-10-19)21(26)17-12-14-18(15-13-17)23-20(25)11-7-2-3-8-16-22/h12-15,19H,2-11,16,22H2,1H3,(H,23,25). The lowest BCUT2D eigenvalue weighted by Crippen LogP contribution is -2.38. The summed E-state index contributed by atoms with van der Waals surface area (Å²) in [6.07, 6.45) is 10.4. The fraction of sp³-hybridized carbons (Fsp3) is 0.619. The van der Waals surface area contributed by atoms with Crippen molar-refractivity contribution in [3.63, 3.8) is 0 Å². The minimum atomic E-state index is 0.0242. The third kappa shape index (κ3) is 6.45. The molecule has 3 N–H and O–H groups in total. The Morgan fingerprint density at radius 2 is 1.69 bits per heavy atom. The van der Waals surface area contributed by atoms with Crippen LogP contribution in [0.3, 0.4) is 0 Å². The molecular formula is C21H33N3O2. The number of nitrogens with zero attached hydrogens (tertiary/aromatic N) is 1. The van der Waals surface area contributed by atoms with E-state index in [0.29, 0.717) is 24.6 Å². The van der Waals surface area contributed by atoms with Crippen molar-refractivity contribution in [2.75, 3.05) is 18.9 Å². The highest BCUT2D eigenvalue weighted by Crippen LogP contribution is 2.23. The van der Waals surface area contributed by atoms with Crippen LogP contribution in [-0.4, -0.2) is 36.3 Å². The molecule has 1 aromatic rings. The number of anilines is 1. The summed E-state index contributed by atoms with van der Waals surface area (Å²) in [7, 11) is 1.90. The van der Waals surface area contributed by atoms with Gasteiger partial charge in [-0.25, -0.2) is 0 Å². The van der Waals surface area contributed by atoms with Gasteiger partial charge in [0.05, 0.1) is 0 Å². The summed E-state index contributed by atoms with van der Waals surface area (Å²) in [5.74, 6) is 0.0887. The third-order valence-corrected chi connectivity index (χ3v) is 5.22. The van der Waals surface area contributed by atoms with E-state index >= 15 is 0 Å². The van der Waals surface area contributed by atoms with E-state index in [0.717, 1.165) is 44.2 Å². The second-order valence-corrected chi connectivity index (χ2v) is 7.29. The van der Waals surface area contributed by atoms with Gasteiger partial charge in [0.1, 0.15) is 0 Å². The summed E-state index contributed by atoms with van der Waals surface area (Å²) in [6.45, 7) is 0.715. The maximum atomic E-state index is 12.6. The lowest BCUT2D eigenvalue weighted by atomic mass is 9.94. The molecular weight excluding hydrogens is 326 g/mol. The number of unbranched alkanes of at least 4 members (excludes halogenated alkanes) is 3. The second-order valence-electron chi connectivity index (χ2n) is 7.29. The first-order chi connectivity index (χ1) is 12.6. The molecule has 5 heteroatoms. The molecule has 1 fully saturated rings. The van der Waals surface area contributed by atoms with Crippen LogP contribution in [0.25, 0.3) is 0 Å². The summed E-state index contributed by atoms with van der Waals surface area (Å²) in [5.41, 5.74) is 6.88. The molecule has 5 nitrogen and oxygen atoms in total. The average molecular weight is 360 g/mol. The fourth-order valence-corrected chi connectivity index (χ4v) is 3.54. The fourth-order valence-electron chi connectivity index (χ4n) is 3.54. The van der Waals surface area contributed by atoms with Crippen LogP contribution in [0.1, 0.15) is 74.6 Å². The highest BCUT2D eigenvalue weighted by molar-refractivity contribution is 5.95. The molecule has 0 bridgehead atoms. The Morgan fingerprint density at radius 3 is 2.35 bits per heavy atom. The Kier molecular flexibility index (Phi) is 8.62. The van der Waals surface area contributed by atoms with Crippen LogP contribution >= 0.6 is 0 Å². The minimum absolute atomic E-state index is 0.0242. The Morgan fingerprint density at radius 1 is 1.04 bits per heavy atom. The normalized spacial score (nSPS) is 14.8. The van der Waals surface area contributed by atoms with Crippen LogP contribution in [0.5, 0.6) is 0 Å². The van der Waals surface area contributed by atoms with Crippen LogP contribution in [0.2, 0.25) is 0 Å². The minimum Gasteiger partial charge on any atom is -0.339 e. The molecule has 1 aliphatic rings. The number of amides is 2. The molecule has 0 saturated heterocycles. The van der Waals surface area contributed by atoms with Gasteiger partial charge in [-0.2, -0.15) is 0 Å². The van der Waals surface area contributed by atoms with E-state index in [-0.39, 0.29) is 11.8 Å². The highest BCUT2D eigenvalue weighted by Gasteiger charge is 2.22. The van der Waals surface area contributed by atoms with E-state index in [9.17, 15) is 9.59 Å². The van der Waals surface area contributed by atoms with E-state index in [1.807, 2.05) is 24.1 Å². The van der Waals surface area contributed by atoms with E-state index < -0.39 is 0 Å². The molecule has 0 aromatic heterocycles. The van der Waals surface area contributed by atoms with Crippen molar-refractivity contribution in [3.05, 3.63) is 29.8 Å². The number of hydrogen-bond donors (Lipinski definition) is 2. The van der Waals surface area contributed by atoms with Gasteiger partial charge in [-0.15, -0.1) is 0 Å². The van der Waals surface area contributed by atoms with Crippen molar-refractivity contribution < 1.29 is 9.59 Å². The van der Waals surface area contributed by atoms with Crippen LogP contribution < -0.4 is 11.1 Å². The summed E-state index contributed by atoms with van der Waals surface area (Å²) in [6, 6.07) is 7.59. The quantitative estimate of drug-likeness (QED) is 0.656. The Balaban J connectivity index is 1.79. The van der Waals surface area contributed by atoms with Gasteiger partial charge < -0.3 is 16.0 Å². The van der Waals surface area contributed by atoms with Gasteiger partial charge in [0.2, 0.25) is 5.91 Å². The molecule has 1 aromatic carbocycles. The molecule has 26 heavy (non-hydrogen) atoms. The van der Waals surface area contributed by atoms with E-state index in [4.69, 9.17) is 5.73 Å². The molecule has 0 spiro atoms. The van der Waals surface area contributed by atoms with Gasteiger partial charge in [-0.1, -0.05) is 32.1 Å². The number of nitrogens with one attached hydrogen (secondary N) is 1. The van der Waals surface area contributed by atoms with Crippen molar-refractivity contribution in [3.8, 4) is 0 Å². The Labute approximate surface area is 157 Å². The van der Waals surface area contributed by atoms with Gasteiger partial charge in [-0.05, 0) is 56.5 Å². The molecule has 0 aliphatic heterocycles. The maximum Gasteiger partial charge on any atom is 0.253 e. The van der Waals surface area contributed by atoms with Crippen LogP contribution in [0.4, 0.5) is 5.69 Å². The number of carbonyl (C=O) groups is 2. The summed E-state index contributed by atoms with van der Waals surface area (Å²) >= 11 is 0. The molecule has 2 amide bonds. The van der Waals surface area contributed by atoms with Crippen molar-refractivity contribution >= 4 is 17.5 Å². The third-order valence-electron chi connectivity index (χ3n) is 5.22. The van der Waals surface area contributed by atoms with Crippen LogP contribution in [-0.2, 0) is 4.79 Å². The molecule has 2 rings (SSSR count). The zero-order valence-corrected chi connectivity index (χ0v) is 16.0. The topological polar surface area (TPSA) is 75.4 Å². The summed E-state index contributed by atoms with van der Waals surface area (Å²) < 4.78 is 0. The Bertz CT molecular complexity index is 565. The molecule has 144 valence electrons. The number of rotatable bonds is 9. The van der Waals surface area contributed by atoms with Gasteiger partial charge in [-0.3, -0.25) is 9.59 Å². The molecule has 1 saturated carbocycles. The molecule has 0 radical (unpaired) electrons. The molecule has 0 unspecified atom stereocenters. The number of hydrogen-bond acceptors (Lipinski definition) is 3. The molecule has 0 heterocycles. The zero-order chi connectivity index (χ0) is 18.8. The largest absolute Gasteiger partial charge is 0.339 e. The predicted octanol–water partition coefficient (Wildman–Crippen LogP) is 3.94. The first-order valence-corrected chi connectivity index (χ1v) is 9.99. The number of carbonyl (C=O) groups excluding carboxylic acids is 2. The van der Waals surface area contributed by atoms with Gasteiger partial charge in [0.15, 0.2) is 0 Å². The SMILES string of the molecule is CN(C(=O)c1ccc(NC(=O)CCCCCCN)cc1)C1CCCCC1. The van der Waals surface area contributed by atoms with Crippen molar-refractivity contribution in [1.82, 2.24) is 4.90 Å². The lowest BCUT2D eigenvalue weighted by molar-refractivity contribution is -0.116. The van der Waals surface area contributed by atoms with Gasteiger partial charge in [0, 0.05) is 30.8 Å². The maximum absolute atomic E-state index is 12.6. The van der Waals surface area contributed by atoms with Gasteiger partial charge >= 0.3 is 0 Å². The van der Waals surface area contributed by atoms with Crippen LogP contribution in [0, 0.1) is 0 Å².